The summed E-state index contributed by atoms with van der Waals surface area (Å²) >= 11 is 5.92. The zero-order valence-electron chi connectivity index (χ0n) is 12.2. The predicted octanol–water partition coefficient (Wildman–Crippen LogP) is 1.69. The van der Waals surface area contributed by atoms with Crippen molar-refractivity contribution in [2.75, 3.05) is 26.3 Å². The third-order valence-corrected chi connectivity index (χ3v) is 4.34. The van der Waals surface area contributed by atoms with Gasteiger partial charge in [-0.05, 0) is 24.6 Å². The van der Waals surface area contributed by atoms with Gasteiger partial charge in [0, 0.05) is 30.2 Å². The van der Waals surface area contributed by atoms with Crippen molar-refractivity contribution in [3.8, 4) is 11.8 Å². The van der Waals surface area contributed by atoms with Crippen LogP contribution < -0.4 is 0 Å². The molecule has 116 valence electrons. The van der Waals surface area contributed by atoms with Crippen molar-refractivity contribution in [3.63, 3.8) is 0 Å². The van der Waals surface area contributed by atoms with E-state index in [1.165, 1.54) is 0 Å². The molecule has 4 nitrogen and oxygen atoms in total. The lowest BCUT2D eigenvalue weighted by Gasteiger charge is -2.21. The molecular formula is C17H18ClNO3. The van der Waals surface area contributed by atoms with Gasteiger partial charge in [0.25, 0.3) is 0 Å². The maximum atomic E-state index is 12.3. The quantitative estimate of drug-likeness (QED) is 0.801. The largest absolute Gasteiger partial charge is 0.381 e. The van der Waals surface area contributed by atoms with Crippen LogP contribution in [0.15, 0.2) is 24.3 Å². The van der Waals surface area contributed by atoms with Crippen molar-refractivity contribution in [2.45, 2.75) is 18.4 Å². The Hall–Kier alpha value is -1.54. The maximum Gasteiger partial charge on any atom is 0.228 e. The van der Waals surface area contributed by atoms with E-state index in [0.29, 0.717) is 31.2 Å². The molecule has 5 heteroatoms. The van der Waals surface area contributed by atoms with Crippen molar-refractivity contribution < 1.29 is 14.6 Å². The summed E-state index contributed by atoms with van der Waals surface area (Å²) in [5.41, 5.74) is -0.382. The number of ether oxygens (including phenoxy) is 1. The summed E-state index contributed by atoms with van der Waals surface area (Å²) in [6.45, 7) is 1.93. The second-order valence-electron chi connectivity index (χ2n) is 5.86. The van der Waals surface area contributed by atoms with E-state index in [2.05, 4.69) is 11.8 Å². The Kier molecular flexibility index (Phi) is 4.39. The van der Waals surface area contributed by atoms with Gasteiger partial charge in [-0.15, -0.1) is 0 Å². The highest BCUT2D eigenvalue weighted by Gasteiger charge is 2.39. The zero-order valence-corrected chi connectivity index (χ0v) is 13.0. The van der Waals surface area contributed by atoms with Crippen LogP contribution in [0.5, 0.6) is 0 Å². The van der Waals surface area contributed by atoms with Gasteiger partial charge in [0.15, 0.2) is 0 Å². The fourth-order valence-electron chi connectivity index (χ4n) is 2.83. The fraction of sp³-hybridized carbons (Fsp3) is 0.471. The number of carbonyl (C=O) groups excluding carboxylic acids is 1. The minimum absolute atomic E-state index is 0.0664. The molecule has 0 aromatic heterocycles. The van der Waals surface area contributed by atoms with Gasteiger partial charge in [-0.2, -0.15) is 0 Å². The fourth-order valence-corrected chi connectivity index (χ4v) is 3.02. The molecule has 2 heterocycles. The Morgan fingerprint density at radius 3 is 3.09 bits per heavy atom. The molecular weight excluding hydrogens is 302 g/mol. The normalized spacial score (nSPS) is 27.5. The van der Waals surface area contributed by atoms with E-state index in [1.54, 1.807) is 17.0 Å². The summed E-state index contributed by atoms with van der Waals surface area (Å²) in [5, 5.41) is 11.2. The first kappa shape index (κ1) is 15.4. The van der Waals surface area contributed by atoms with Crippen LogP contribution in [0.2, 0.25) is 5.02 Å². The molecule has 0 radical (unpaired) electrons. The number of hydrogen-bond donors (Lipinski definition) is 1. The Morgan fingerprint density at radius 2 is 2.36 bits per heavy atom. The second kappa shape index (κ2) is 6.29. The number of halogens is 1. The third-order valence-electron chi connectivity index (χ3n) is 4.10. The Bertz CT molecular complexity index is 630. The van der Waals surface area contributed by atoms with Crippen LogP contribution in [0.3, 0.4) is 0 Å². The molecule has 1 amide bonds. The highest BCUT2D eigenvalue weighted by Crippen LogP contribution is 2.25. The average molecular weight is 320 g/mol. The molecule has 2 aliphatic rings. The molecule has 2 fully saturated rings. The van der Waals surface area contributed by atoms with Gasteiger partial charge >= 0.3 is 0 Å². The summed E-state index contributed by atoms with van der Waals surface area (Å²) in [5.74, 6) is 5.85. The van der Waals surface area contributed by atoms with Crippen LogP contribution in [0.25, 0.3) is 0 Å². The molecule has 2 saturated heterocycles. The molecule has 0 spiro atoms. The van der Waals surface area contributed by atoms with E-state index < -0.39 is 5.60 Å². The predicted molar refractivity (Wildman–Crippen MR) is 83.4 cm³/mol. The summed E-state index contributed by atoms with van der Waals surface area (Å²) in [7, 11) is 0. The SMILES string of the molecule is O=C(C1CCOC1)N1CCC(O)(C#Cc2cccc(Cl)c2)C1. The monoisotopic (exact) mass is 319 g/mol. The maximum absolute atomic E-state index is 12.3. The number of likely N-dealkylation sites (tertiary alicyclic amines) is 1. The Labute approximate surface area is 135 Å². The van der Waals surface area contributed by atoms with Gasteiger partial charge in [0.1, 0.15) is 5.60 Å². The molecule has 0 aliphatic carbocycles. The minimum atomic E-state index is -1.14. The molecule has 0 bridgehead atoms. The molecule has 2 atom stereocenters. The molecule has 2 aliphatic heterocycles. The molecule has 22 heavy (non-hydrogen) atoms. The lowest BCUT2D eigenvalue weighted by molar-refractivity contribution is -0.135. The molecule has 1 aromatic rings. The number of benzene rings is 1. The number of amides is 1. The first-order valence-electron chi connectivity index (χ1n) is 7.43. The highest BCUT2D eigenvalue weighted by molar-refractivity contribution is 6.30. The number of hydrogen-bond acceptors (Lipinski definition) is 3. The number of carbonyl (C=O) groups is 1. The summed E-state index contributed by atoms with van der Waals surface area (Å²) in [4.78, 5) is 14.0. The molecule has 0 saturated carbocycles. The molecule has 1 aromatic carbocycles. The average Bonchev–Trinajstić information content (AvgIpc) is 3.15. The van der Waals surface area contributed by atoms with Crippen molar-refractivity contribution in [1.82, 2.24) is 4.90 Å². The van der Waals surface area contributed by atoms with E-state index in [4.69, 9.17) is 16.3 Å². The first-order valence-corrected chi connectivity index (χ1v) is 7.81. The smallest absolute Gasteiger partial charge is 0.228 e. The summed E-state index contributed by atoms with van der Waals surface area (Å²) in [6.07, 6.45) is 1.24. The van der Waals surface area contributed by atoms with Crippen molar-refractivity contribution in [3.05, 3.63) is 34.9 Å². The van der Waals surface area contributed by atoms with Gasteiger partial charge in [-0.3, -0.25) is 4.79 Å². The van der Waals surface area contributed by atoms with E-state index in [1.807, 2.05) is 12.1 Å². The van der Waals surface area contributed by atoms with Crippen LogP contribution in [0.4, 0.5) is 0 Å². The Balaban J connectivity index is 1.67. The molecule has 2 unspecified atom stereocenters. The minimum Gasteiger partial charge on any atom is -0.381 e. The van der Waals surface area contributed by atoms with Gasteiger partial charge in [0.05, 0.1) is 19.1 Å². The topological polar surface area (TPSA) is 49.8 Å². The standard InChI is InChI=1S/C17H18ClNO3/c18-15-3-1-2-13(10-15)4-6-17(21)7-8-19(12-17)16(20)14-5-9-22-11-14/h1-3,10,14,21H,5,7-9,11-12H2. The van der Waals surface area contributed by atoms with Gasteiger partial charge in [-0.25, -0.2) is 0 Å². The van der Waals surface area contributed by atoms with Gasteiger partial charge < -0.3 is 14.7 Å². The van der Waals surface area contributed by atoms with Crippen LogP contribution in [0, 0.1) is 17.8 Å². The summed E-state index contributed by atoms with van der Waals surface area (Å²) in [6, 6.07) is 7.20. The first-order chi connectivity index (χ1) is 10.6. The van der Waals surface area contributed by atoms with Crippen molar-refractivity contribution in [1.29, 1.82) is 0 Å². The van der Waals surface area contributed by atoms with E-state index in [0.717, 1.165) is 12.0 Å². The number of β-amino-alcohol motifs (C(OH)–C–C–N with tert-alkyl or cyclic N) is 1. The van der Waals surface area contributed by atoms with Crippen molar-refractivity contribution in [2.24, 2.45) is 5.92 Å². The summed E-state index contributed by atoms with van der Waals surface area (Å²) < 4.78 is 5.26. The van der Waals surface area contributed by atoms with Crippen LogP contribution in [-0.2, 0) is 9.53 Å². The third kappa shape index (κ3) is 3.44. The number of aliphatic hydroxyl groups is 1. The van der Waals surface area contributed by atoms with Gasteiger partial charge in [-0.1, -0.05) is 29.5 Å². The second-order valence-corrected chi connectivity index (χ2v) is 6.30. The van der Waals surface area contributed by atoms with E-state index in [-0.39, 0.29) is 18.4 Å². The zero-order chi connectivity index (χ0) is 15.6. The highest BCUT2D eigenvalue weighted by atomic mass is 35.5. The number of nitrogens with zero attached hydrogens (tertiary/aromatic N) is 1. The van der Waals surface area contributed by atoms with Gasteiger partial charge in [0.2, 0.25) is 5.91 Å². The van der Waals surface area contributed by atoms with Crippen LogP contribution in [0.1, 0.15) is 18.4 Å². The van der Waals surface area contributed by atoms with E-state index in [9.17, 15) is 9.90 Å². The van der Waals surface area contributed by atoms with Crippen LogP contribution >= 0.6 is 11.6 Å². The van der Waals surface area contributed by atoms with E-state index >= 15 is 0 Å². The molecule has 1 N–H and O–H groups in total. The lowest BCUT2D eigenvalue weighted by Crippen LogP contribution is -2.38. The van der Waals surface area contributed by atoms with Crippen molar-refractivity contribution >= 4 is 17.5 Å². The van der Waals surface area contributed by atoms with Crippen LogP contribution in [-0.4, -0.2) is 47.8 Å². The number of rotatable bonds is 1. The molecule has 3 rings (SSSR count). The Morgan fingerprint density at radius 1 is 1.50 bits per heavy atom. The lowest BCUT2D eigenvalue weighted by atomic mass is 10.0.